The second-order valence-corrected chi connectivity index (χ2v) is 4.28. The molecule has 1 atom stereocenters. The summed E-state index contributed by atoms with van der Waals surface area (Å²) in [5.74, 6) is -3.92. The van der Waals surface area contributed by atoms with Crippen molar-refractivity contribution in [2.75, 3.05) is 32.8 Å². The molecule has 3 nitrogen and oxygen atoms in total. The van der Waals surface area contributed by atoms with Crippen LogP contribution in [0.3, 0.4) is 0 Å². The number of hydrogen-bond donors (Lipinski definition) is 2. The zero-order chi connectivity index (χ0) is 13.1. The summed E-state index contributed by atoms with van der Waals surface area (Å²) in [6.07, 6.45) is 0. The summed E-state index contributed by atoms with van der Waals surface area (Å²) in [7, 11) is 0. The molecule has 0 saturated carbocycles. The van der Waals surface area contributed by atoms with Crippen molar-refractivity contribution in [1.29, 1.82) is 0 Å². The van der Waals surface area contributed by atoms with E-state index in [9.17, 15) is 18.3 Å². The van der Waals surface area contributed by atoms with Gasteiger partial charge in [-0.05, 0) is 17.7 Å². The number of rotatable bonds is 3. The standard InChI is InChI=1S/C12H15F3N2O/c13-9-5-8(6-10(14)12(9)15)11(7-18)17-3-1-16-2-4-17/h5-6,11,16,18H,1-4,7H2/t11-/m0/s1. The smallest absolute Gasteiger partial charge is 0.194 e. The fourth-order valence-electron chi connectivity index (χ4n) is 2.19. The molecule has 0 bridgehead atoms. The molecule has 1 fully saturated rings. The van der Waals surface area contributed by atoms with Crippen LogP contribution in [0.1, 0.15) is 11.6 Å². The molecule has 1 saturated heterocycles. The fraction of sp³-hybridized carbons (Fsp3) is 0.500. The lowest BCUT2D eigenvalue weighted by Crippen LogP contribution is -2.46. The average Bonchev–Trinajstić information content (AvgIpc) is 2.38. The third kappa shape index (κ3) is 2.66. The molecule has 0 aliphatic carbocycles. The van der Waals surface area contributed by atoms with Gasteiger partial charge in [0, 0.05) is 26.2 Å². The average molecular weight is 260 g/mol. The quantitative estimate of drug-likeness (QED) is 0.797. The first-order valence-corrected chi connectivity index (χ1v) is 5.83. The minimum atomic E-state index is -1.48. The van der Waals surface area contributed by atoms with Crippen LogP contribution in [-0.2, 0) is 0 Å². The van der Waals surface area contributed by atoms with E-state index in [1.165, 1.54) is 0 Å². The van der Waals surface area contributed by atoms with Gasteiger partial charge in [0.25, 0.3) is 0 Å². The van der Waals surface area contributed by atoms with E-state index in [2.05, 4.69) is 5.32 Å². The highest BCUT2D eigenvalue weighted by Gasteiger charge is 2.23. The topological polar surface area (TPSA) is 35.5 Å². The normalized spacial score (nSPS) is 18.9. The molecule has 0 amide bonds. The van der Waals surface area contributed by atoms with Crippen LogP contribution in [0, 0.1) is 17.5 Å². The molecule has 1 heterocycles. The van der Waals surface area contributed by atoms with Crippen LogP contribution in [0.15, 0.2) is 12.1 Å². The van der Waals surface area contributed by atoms with Crippen LogP contribution in [0.5, 0.6) is 0 Å². The van der Waals surface area contributed by atoms with Crippen molar-refractivity contribution in [3.63, 3.8) is 0 Å². The van der Waals surface area contributed by atoms with Crippen LogP contribution in [0.4, 0.5) is 13.2 Å². The van der Waals surface area contributed by atoms with Gasteiger partial charge in [-0.2, -0.15) is 0 Å². The molecule has 0 spiro atoms. The largest absolute Gasteiger partial charge is 0.394 e. The molecule has 1 aromatic carbocycles. The van der Waals surface area contributed by atoms with Gasteiger partial charge in [-0.3, -0.25) is 4.90 Å². The number of hydrogen-bond acceptors (Lipinski definition) is 3. The summed E-state index contributed by atoms with van der Waals surface area (Å²) in [4.78, 5) is 1.92. The molecule has 18 heavy (non-hydrogen) atoms. The molecule has 1 aromatic rings. The molecule has 0 aromatic heterocycles. The number of nitrogens with one attached hydrogen (secondary N) is 1. The summed E-state index contributed by atoms with van der Waals surface area (Å²) in [6.45, 7) is 2.59. The molecule has 1 aliphatic heterocycles. The molecular weight excluding hydrogens is 245 g/mol. The number of benzene rings is 1. The molecule has 0 radical (unpaired) electrons. The lowest BCUT2D eigenvalue weighted by Gasteiger charge is -2.34. The first-order valence-electron chi connectivity index (χ1n) is 5.83. The minimum absolute atomic E-state index is 0.259. The number of aliphatic hydroxyl groups excluding tert-OH is 1. The van der Waals surface area contributed by atoms with Crippen molar-refractivity contribution in [2.24, 2.45) is 0 Å². The Hall–Kier alpha value is -1.11. The van der Waals surface area contributed by atoms with Gasteiger partial charge < -0.3 is 10.4 Å². The third-order valence-corrected chi connectivity index (χ3v) is 3.16. The van der Waals surface area contributed by atoms with E-state index in [1.807, 2.05) is 4.90 Å². The van der Waals surface area contributed by atoms with Crippen LogP contribution in [0.25, 0.3) is 0 Å². The Balaban J connectivity index is 2.26. The van der Waals surface area contributed by atoms with Crippen molar-refractivity contribution in [1.82, 2.24) is 10.2 Å². The second-order valence-electron chi connectivity index (χ2n) is 4.28. The molecule has 2 N–H and O–H groups in total. The summed E-state index contributed by atoms with van der Waals surface area (Å²) < 4.78 is 39.2. The van der Waals surface area contributed by atoms with Gasteiger partial charge >= 0.3 is 0 Å². The highest BCUT2D eigenvalue weighted by atomic mass is 19.2. The van der Waals surface area contributed by atoms with Gasteiger partial charge in [0.1, 0.15) is 0 Å². The zero-order valence-corrected chi connectivity index (χ0v) is 9.80. The van der Waals surface area contributed by atoms with Crippen LogP contribution >= 0.6 is 0 Å². The molecule has 0 unspecified atom stereocenters. The van der Waals surface area contributed by atoms with Crippen molar-refractivity contribution in [3.8, 4) is 0 Å². The molecular formula is C12H15F3N2O. The van der Waals surface area contributed by atoms with E-state index >= 15 is 0 Å². The van der Waals surface area contributed by atoms with E-state index in [1.54, 1.807) is 0 Å². The highest BCUT2D eigenvalue weighted by molar-refractivity contribution is 5.23. The van der Waals surface area contributed by atoms with Crippen molar-refractivity contribution in [2.45, 2.75) is 6.04 Å². The van der Waals surface area contributed by atoms with Crippen molar-refractivity contribution in [3.05, 3.63) is 35.1 Å². The van der Waals surface area contributed by atoms with Gasteiger partial charge in [-0.25, -0.2) is 13.2 Å². The Kier molecular flexibility index (Phi) is 4.21. The van der Waals surface area contributed by atoms with E-state index in [0.717, 1.165) is 25.2 Å². The Bertz CT molecular complexity index is 399. The Morgan fingerprint density at radius 2 is 1.72 bits per heavy atom. The van der Waals surface area contributed by atoms with E-state index in [4.69, 9.17) is 0 Å². The van der Waals surface area contributed by atoms with Gasteiger partial charge in [-0.1, -0.05) is 0 Å². The fourth-order valence-corrected chi connectivity index (χ4v) is 2.19. The molecule has 6 heteroatoms. The Labute approximate surface area is 103 Å². The number of nitrogens with zero attached hydrogens (tertiary/aromatic N) is 1. The predicted octanol–water partition coefficient (Wildman–Crippen LogP) is 1.04. The summed E-state index contributed by atoms with van der Waals surface area (Å²) in [5, 5.41) is 12.5. The SMILES string of the molecule is OC[C@@H](c1cc(F)c(F)c(F)c1)N1CCNCC1. The molecule has 2 rings (SSSR count). The molecule has 100 valence electrons. The highest BCUT2D eigenvalue weighted by Crippen LogP contribution is 2.24. The van der Waals surface area contributed by atoms with Crippen LogP contribution in [0.2, 0.25) is 0 Å². The lowest BCUT2D eigenvalue weighted by atomic mass is 10.0. The van der Waals surface area contributed by atoms with Gasteiger partial charge in [-0.15, -0.1) is 0 Å². The van der Waals surface area contributed by atoms with E-state index < -0.39 is 23.5 Å². The second kappa shape index (κ2) is 5.69. The number of halogens is 3. The van der Waals surface area contributed by atoms with Gasteiger partial charge in [0.15, 0.2) is 17.5 Å². The van der Waals surface area contributed by atoms with Crippen LogP contribution in [-0.4, -0.2) is 42.8 Å². The maximum absolute atomic E-state index is 13.2. The first-order chi connectivity index (χ1) is 8.63. The maximum atomic E-state index is 13.2. The summed E-state index contributed by atoms with van der Waals surface area (Å²) in [6, 6.07) is 1.39. The van der Waals surface area contributed by atoms with Gasteiger partial charge in [0.05, 0.1) is 12.6 Å². The maximum Gasteiger partial charge on any atom is 0.194 e. The minimum Gasteiger partial charge on any atom is -0.394 e. The Morgan fingerprint density at radius 1 is 1.17 bits per heavy atom. The zero-order valence-electron chi connectivity index (χ0n) is 9.80. The van der Waals surface area contributed by atoms with E-state index in [-0.39, 0.29) is 12.2 Å². The van der Waals surface area contributed by atoms with E-state index in [0.29, 0.717) is 13.1 Å². The third-order valence-electron chi connectivity index (χ3n) is 3.16. The lowest BCUT2D eigenvalue weighted by molar-refractivity contribution is 0.110. The Morgan fingerprint density at radius 3 is 2.22 bits per heavy atom. The van der Waals surface area contributed by atoms with Crippen molar-refractivity contribution >= 4 is 0 Å². The number of piperazine rings is 1. The summed E-state index contributed by atoms with van der Waals surface area (Å²) >= 11 is 0. The molecule has 1 aliphatic rings. The van der Waals surface area contributed by atoms with Gasteiger partial charge in [0.2, 0.25) is 0 Å². The summed E-state index contributed by atoms with van der Waals surface area (Å²) in [5.41, 5.74) is 0.260. The number of aliphatic hydroxyl groups is 1. The van der Waals surface area contributed by atoms with Crippen molar-refractivity contribution < 1.29 is 18.3 Å². The first kappa shape index (κ1) is 13.3. The predicted molar refractivity (Wildman–Crippen MR) is 60.6 cm³/mol. The monoisotopic (exact) mass is 260 g/mol. The van der Waals surface area contributed by atoms with Crippen LogP contribution < -0.4 is 5.32 Å².